The Morgan fingerprint density at radius 2 is 2.05 bits per heavy atom. The van der Waals surface area contributed by atoms with E-state index in [-0.39, 0.29) is 5.78 Å². The van der Waals surface area contributed by atoms with Gasteiger partial charge in [0.1, 0.15) is 0 Å². The van der Waals surface area contributed by atoms with Crippen molar-refractivity contribution in [2.75, 3.05) is 19.6 Å². The molecular formula is C17H27NOS. The zero-order valence-electron chi connectivity index (χ0n) is 13.2. The van der Waals surface area contributed by atoms with Crippen molar-refractivity contribution >= 4 is 17.1 Å². The first-order chi connectivity index (χ1) is 9.36. The van der Waals surface area contributed by atoms with Gasteiger partial charge in [0.15, 0.2) is 5.78 Å². The maximum absolute atomic E-state index is 12.3. The van der Waals surface area contributed by atoms with E-state index in [1.807, 2.05) is 12.1 Å². The van der Waals surface area contributed by atoms with Gasteiger partial charge in [-0.25, -0.2) is 0 Å². The highest BCUT2D eigenvalue weighted by Gasteiger charge is 2.27. The lowest BCUT2D eigenvalue weighted by Crippen LogP contribution is -2.31. The van der Waals surface area contributed by atoms with Crippen molar-refractivity contribution in [3.8, 4) is 0 Å². The zero-order chi connectivity index (χ0) is 14.8. The van der Waals surface area contributed by atoms with Crippen LogP contribution < -0.4 is 0 Å². The molecule has 0 spiro atoms. The van der Waals surface area contributed by atoms with Gasteiger partial charge in [-0.3, -0.25) is 9.69 Å². The molecule has 1 saturated heterocycles. The normalized spacial score (nSPS) is 21.7. The highest BCUT2D eigenvalue weighted by atomic mass is 32.1. The smallest absolute Gasteiger partial charge is 0.186 e. The first-order valence-corrected chi connectivity index (χ1v) is 8.50. The fraction of sp³-hybridized carbons (Fsp3) is 0.706. The molecule has 2 rings (SSSR count). The molecule has 3 heteroatoms. The highest BCUT2D eigenvalue weighted by Crippen LogP contribution is 2.34. The van der Waals surface area contributed by atoms with Gasteiger partial charge >= 0.3 is 0 Å². The second-order valence-electron chi connectivity index (χ2n) is 7.10. The minimum absolute atomic E-state index is 0.289. The summed E-state index contributed by atoms with van der Waals surface area (Å²) in [6.07, 6.45) is 3.74. The topological polar surface area (TPSA) is 20.3 Å². The highest BCUT2D eigenvalue weighted by molar-refractivity contribution is 7.14. The number of ketones is 1. The van der Waals surface area contributed by atoms with Crippen LogP contribution in [0.25, 0.3) is 0 Å². The molecule has 0 N–H and O–H groups in total. The van der Waals surface area contributed by atoms with Crippen LogP contribution in [0.1, 0.15) is 54.6 Å². The van der Waals surface area contributed by atoms with E-state index in [2.05, 4.69) is 32.6 Å². The number of nitrogens with zero attached hydrogens (tertiary/aromatic N) is 1. The largest absolute Gasteiger partial charge is 0.296 e. The van der Waals surface area contributed by atoms with Gasteiger partial charge in [0.25, 0.3) is 0 Å². The van der Waals surface area contributed by atoms with Gasteiger partial charge in [-0.15, -0.1) is 11.3 Å². The number of likely N-dealkylation sites (tertiary alicyclic amines) is 1. The fourth-order valence-electron chi connectivity index (χ4n) is 3.05. The molecule has 2 nitrogen and oxygen atoms in total. The minimum atomic E-state index is 0.289. The maximum Gasteiger partial charge on any atom is 0.186 e. The Morgan fingerprint density at radius 3 is 2.65 bits per heavy atom. The summed E-state index contributed by atoms with van der Waals surface area (Å²) < 4.78 is 0. The van der Waals surface area contributed by atoms with E-state index in [0.29, 0.717) is 12.0 Å². The quantitative estimate of drug-likeness (QED) is 0.770. The molecule has 1 aromatic rings. The summed E-state index contributed by atoms with van der Waals surface area (Å²) in [6.45, 7) is 11.8. The van der Waals surface area contributed by atoms with Crippen LogP contribution in [0.3, 0.4) is 0 Å². The van der Waals surface area contributed by atoms with Gasteiger partial charge in [0, 0.05) is 4.88 Å². The third-order valence-corrected chi connectivity index (χ3v) is 5.47. The van der Waals surface area contributed by atoms with Crippen molar-refractivity contribution in [2.45, 2.75) is 47.0 Å². The number of aryl methyl sites for hydroxylation is 1. The molecule has 0 aromatic carbocycles. The van der Waals surface area contributed by atoms with Gasteiger partial charge in [0.2, 0.25) is 0 Å². The lowest BCUT2D eigenvalue weighted by Gasteiger charge is -2.29. The summed E-state index contributed by atoms with van der Waals surface area (Å²) in [5.74, 6) is 1.07. The number of carbonyl (C=O) groups excluding carboxylic acids is 1. The molecule has 0 amide bonds. The average Bonchev–Trinajstić information content (AvgIpc) is 2.64. The van der Waals surface area contributed by atoms with E-state index >= 15 is 0 Å². The Morgan fingerprint density at radius 1 is 1.30 bits per heavy atom. The van der Waals surface area contributed by atoms with Crippen molar-refractivity contribution in [3.63, 3.8) is 0 Å². The molecule has 0 bridgehead atoms. The lowest BCUT2D eigenvalue weighted by molar-refractivity contribution is 0.0934. The second-order valence-corrected chi connectivity index (χ2v) is 8.39. The van der Waals surface area contributed by atoms with Crippen LogP contribution >= 0.6 is 11.3 Å². The van der Waals surface area contributed by atoms with Crippen LogP contribution in [-0.2, 0) is 0 Å². The van der Waals surface area contributed by atoms with Crippen molar-refractivity contribution in [1.82, 2.24) is 4.90 Å². The molecule has 1 fully saturated rings. The van der Waals surface area contributed by atoms with Crippen molar-refractivity contribution in [3.05, 3.63) is 21.9 Å². The molecule has 0 radical (unpaired) electrons. The fourth-order valence-corrected chi connectivity index (χ4v) is 3.84. The Labute approximate surface area is 127 Å². The summed E-state index contributed by atoms with van der Waals surface area (Å²) in [5, 5.41) is 0. The van der Waals surface area contributed by atoms with E-state index in [9.17, 15) is 4.79 Å². The average molecular weight is 293 g/mol. The number of rotatable bonds is 3. The Bertz CT molecular complexity index is 458. The molecular weight excluding hydrogens is 266 g/mol. The Balaban J connectivity index is 1.90. The van der Waals surface area contributed by atoms with Crippen LogP contribution in [0.5, 0.6) is 0 Å². The van der Waals surface area contributed by atoms with E-state index in [4.69, 9.17) is 0 Å². The predicted octanol–water partition coefficient (Wildman–Crippen LogP) is 4.39. The first-order valence-electron chi connectivity index (χ1n) is 7.68. The van der Waals surface area contributed by atoms with E-state index in [0.717, 1.165) is 23.9 Å². The van der Waals surface area contributed by atoms with Crippen molar-refractivity contribution in [2.24, 2.45) is 11.3 Å². The molecule has 1 aromatic heterocycles. The molecule has 20 heavy (non-hydrogen) atoms. The van der Waals surface area contributed by atoms with Gasteiger partial charge in [-0.2, -0.15) is 0 Å². The van der Waals surface area contributed by atoms with E-state index in [1.54, 1.807) is 11.3 Å². The van der Waals surface area contributed by atoms with Gasteiger partial charge in [-0.1, -0.05) is 20.8 Å². The second kappa shape index (κ2) is 6.40. The van der Waals surface area contributed by atoms with E-state index in [1.165, 1.54) is 24.1 Å². The third kappa shape index (κ3) is 4.16. The Hall–Kier alpha value is -0.670. The number of hydrogen-bond donors (Lipinski definition) is 0. The zero-order valence-corrected chi connectivity index (χ0v) is 14.1. The summed E-state index contributed by atoms with van der Waals surface area (Å²) >= 11 is 1.62. The van der Waals surface area contributed by atoms with Gasteiger partial charge in [-0.05, 0) is 62.7 Å². The first kappa shape index (κ1) is 15.7. The van der Waals surface area contributed by atoms with Crippen LogP contribution in [-0.4, -0.2) is 30.3 Å². The van der Waals surface area contributed by atoms with Gasteiger partial charge < -0.3 is 0 Å². The molecule has 1 atom stereocenters. The van der Waals surface area contributed by atoms with Crippen LogP contribution in [0.15, 0.2) is 12.1 Å². The van der Waals surface area contributed by atoms with Gasteiger partial charge in [0.05, 0.1) is 11.4 Å². The lowest BCUT2D eigenvalue weighted by atomic mass is 9.77. The predicted molar refractivity (Wildman–Crippen MR) is 86.6 cm³/mol. The van der Waals surface area contributed by atoms with E-state index < -0.39 is 0 Å². The number of hydrogen-bond acceptors (Lipinski definition) is 3. The van der Waals surface area contributed by atoms with Crippen LogP contribution in [0.2, 0.25) is 0 Å². The SMILES string of the molecule is Cc1ccc(C(=O)CN2CCCC(C(C)(C)C)CC2)s1. The van der Waals surface area contributed by atoms with Crippen LogP contribution in [0, 0.1) is 18.3 Å². The third-order valence-electron chi connectivity index (χ3n) is 4.43. The Kier molecular flexibility index (Phi) is 5.03. The van der Waals surface area contributed by atoms with Crippen molar-refractivity contribution < 1.29 is 4.79 Å². The summed E-state index contributed by atoms with van der Waals surface area (Å²) in [4.78, 5) is 16.8. The molecule has 2 heterocycles. The summed E-state index contributed by atoms with van der Waals surface area (Å²) in [5.41, 5.74) is 0.394. The number of Topliss-reactive ketones (excluding diaryl/α,β-unsaturated/α-hetero) is 1. The van der Waals surface area contributed by atoms with Crippen molar-refractivity contribution in [1.29, 1.82) is 0 Å². The molecule has 112 valence electrons. The monoisotopic (exact) mass is 293 g/mol. The van der Waals surface area contributed by atoms with Crippen LogP contribution in [0.4, 0.5) is 0 Å². The summed E-state index contributed by atoms with van der Waals surface area (Å²) in [6, 6.07) is 4.01. The molecule has 1 aliphatic heterocycles. The minimum Gasteiger partial charge on any atom is -0.296 e. The molecule has 0 aliphatic carbocycles. The molecule has 1 aliphatic rings. The summed E-state index contributed by atoms with van der Waals surface area (Å²) in [7, 11) is 0. The number of thiophene rings is 1. The molecule has 1 unspecified atom stereocenters. The molecule has 0 saturated carbocycles. The standard InChI is InChI=1S/C17H27NOS/c1-13-7-8-16(20-13)15(19)12-18-10-5-6-14(9-11-18)17(2,3)4/h7-8,14H,5-6,9-12H2,1-4H3. The maximum atomic E-state index is 12.3. The number of carbonyl (C=O) groups is 1.